The van der Waals surface area contributed by atoms with E-state index in [1.165, 1.54) is 24.3 Å². The highest BCUT2D eigenvalue weighted by Crippen LogP contribution is 2.30. The molecule has 0 aromatic heterocycles. The molecule has 0 bridgehead atoms. The SMILES string of the molecule is CCOC(=O)C1(NC(=O)c2ccc(S(=O)(=O)NC3CC3)cc2)CCCCC1. The number of benzene rings is 1. The number of sulfonamides is 1. The van der Waals surface area contributed by atoms with Crippen LogP contribution in [0.1, 0.15) is 62.2 Å². The highest BCUT2D eigenvalue weighted by Gasteiger charge is 2.42. The second kappa shape index (κ2) is 7.98. The zero-order chi connectivity index (χ0) is 19.5. The molecule has 2 aliphatic carbocycles. The fraction of sp³-hybridized carbons (Fsp3) is 0.579. The van der Waals surface area contributed by atoms with Crippen LogP contribution >= 0.6 is 0 Å². The zero-order valence-corrected chi connectivity index (χ0v) is 16.3. The molecule has 0 radical (unpaired) electrons. The molecule has 0 spiro atoms. The van der Waals surface area contributed by atoms with E-state index in [0.717, 1.165) is 32.1 Å². The van der Waals surface area contributed by atoms with Crippen molar-refractivity contribution in [2.24, 2.45) is 0 Å². The van der Waals surface area contributed by atoms with Crippen molar-refractivity contribution in [2.45, 2.75) is 68.3 Å². The maximum Gasteiger partial charge on any atom is 0.331 e. The third-order valence-electron chi connectivity index (χ3n) is 5.05. The summed E-state index contributed by atoms with van der Waals surface area (Å²) in [7, 11) is -3.56. The molecular formula is C19H26N2O5S. The van der Waals surface area contributed by atoms with E-state index < -0.39 is 27.4 Å². The Morgan fingerprint density at radius 1 is 1.11 bits per heavy atom. The number of amides is 1. The Bertz CT molecular complexity index is 794. The van der Waals surface area contributed by atoms with Crippen molar-refractivity contribution in [3.8, 4) is 0 Å². The van der Waals surface area contributed by atoms with Gasteiger partial charge in [-0.3, -0.25) is 4.79 Å². The van der Waals surface area contributed by atoms with E-state index in [-0.39, 0.29) is 17.5 Å². The van der Waals surface area contributed by atoms with E-state index >= 15 is 0 Å². The Morgan fingerprint density at radius 3 is 2.30 bits per heavy atom. The molecule has 2 N–H and O–H groups in total. The second-order valence-corrected chi connectivity index (χ2v) is 8.95. The molecule has 0 heterocycles. The van der Waals surface area contributed by atoms with Crippen LogP contribution in [0.15, 0.2) is 29.2 Å². The first kappa shape index (κ1) is 19.8. The van der Waals surface area contributed by atoms with Gasteiger partial charge < -0.3 is 10.1 Å². The van der Waals surface area contributed by atoms with Crippen LogP contribution < -0.4 is 10.0 Å². The number of hydrogen-bond donors (Lipinski definition) is 2. The maximum atomic E-state index is 12.7. The van der Waals surface area contributed by atoms with Crippen LogP contribution in [0.3, 0.4) is 0 Å². The first-order valence-corrected chi connectivity index (χ1v) is 11.0. The lowest BCUT2D eigenvalue weighted by molar-refractivity contribution is -0.152. The fourth-order valence-corrected chi connectivity index (χ4v) is 4.67. The van der Waals surface area contributed by atoms with Crippen LogP contribution in [-0.4, -0.2) is 38.5 Å². The van der Waals surface area contributed by atoms with Crippen molar-refractivity contribution < 1.29 is 22.7 Å². The number of rotatable bonds is 7. The summed E-state index contributed by atoms with van der Waals surface area (Å²) in [4.78, 5) is 25.3. The predicted molar refractivity (Wildman–Crippen MR) is 99.7 cm³/mol. The largest absolute Gasteiger partial charge is 0.464 e. The number of carbonyl (C=O) groups excluding carboxylic acids is 2. The fourth-order valence-electron chi connectivity index (χ4n) is 3.37. The molecule has 2 fully saturated rings. The molecule has 0 aliphatic heterocycles. The van der Waals surface area contributed by atoms with Crippen molar-refractivity contribution >= 4 is 21.9 Å². The summed E-state index contributed by atoms with van der Waals surface area (Å²) in [5.74, 6) is -0.796. The molecule has 27 heavy (non-hydrogen) atoms. The molecule has 148 valence electrons. The van der Waals surface area contributed by atoms with Crippen LogP contribution in [-0.2, 0) is 19.6 Å². The topological polar surface area (TPSA) is 102 Å². The normalized spacial score (nSPS) is 19.3. The average Bonchev–Trinajstić information content (AvgIpc) is 3.46. The van der Waals surface area contributed by atoms with Gasteiger partial charge in [0.15, 0.2) is 0 Å². The molecule has 8 heteroatoms. The molecule has 2 aliphatic rings. The van der Waals surface area contributed by atoms with E-state index in [4.69, 9.17) is 4.74 Å². The molecule has 1 aromatic carbocycles. The van der Waals surface area contributed by atoms with Gasteiger partial charge in [-0.1, -0.05) is 19.3 Å². The summed E-state index contributed by atoms with van der Waals surface area (Å²) >= 11 is 0. The van der Waals surface area contributed by atoms with E-state index in [1.54, 1.807) is 6.92 Å². The van der Waals surface area contributed by atoms with Crippen LogP contribution in [0.4, 0.5) is 0 Å². The number of esters is 1. The Kier molecular flexibility index (Phi) is 5.86. The summed E-state index contributed by atoms with van der Waals surface area (Å²) in [5, 5.41) is 2.86. The highest BCUT2D eigenvalue weighted by atomic mass is 32.2. The standard InChI is InChI=1S/C19H26N2O5S/c1-2-26-18(23)19(12-4-3-5-13-19)20-17(22)14-6-10-16(11-7-14)27(24,25)21-15-8-9-15/h6-7,10-11,15,21H,2-5,8-9,12-13H2,1H3,(H,20,22). The molecule has 0 saturated heterocycles. The Morgan fingerprint density at radius 2 is 1.74 bits per heavy atom. The van der Waals surface area contributed by atoms with Crippen molar-refractivity contribution in [3.05, 3.63) is 29.8 Å². The third kappa shape index (κ3) is 4.68. The second-order valence-electron chi connectivity index (χ2n) is 7.24. The van der Waals surface area contributed by atoms with E-state index in [0.29, 0.717) is 18.4 Å². The van der Waals surface area contributed by atoms with Crippen molar-refractivity contribution in [1.82, 2.24) is 10.0 Å². The zero-order valence-electron chi connectivity index (χ0n) is 15.5. The summed E-state index contributed by atoms with van der Waals surface area (Å²) < 4.78 is 32.2. The smallest absolute Gasteiger partial charge is 0.331 e. The molecule has 7 nitrogen and oxygen atoms in total. The Hall–Kier alpha value is -1.93. The lowest BCUT2D eigenvalue weighted by Gasteiger charge is -2.35. The van der Waals surface area contributed by atoms with Crippen LogP contribution in [0.25, 0.3) is 0 Å². The molecule has 2 saturated carbocycles. The van der Waals surface area contributed by atoms with Crippen LogP contribution in [0.2, 0.25) is 0 Å². The quantitative estimate of drug-likeness (QED) is 0.690. The van der Waals surface area contributed by atoms with Gasteiger partial charge in [0.1, 0.15) is 5.54 Å². The maximum absolute atomic E-state index is 12.7. The number of carbonyl (C=O) groups is 2. The number of nitrogens with one attached hydrogen (secondary N) is 2. The lowest BCUT2D eigenvalue weighted by Crippen LogP contribution is -2.56. The van der Waals surface area contributed by atoms with Gasteiger partial charge in [-0.2, -0.15) is 0 Å². The Labute approximate surface area is 159 Å². The predicted octanol–water partition coefficient (Wildman–Crippen LogP) is 2.12. The minimum absolute atomic E-state index is 0.0220. The summed E-state index contributed by atoms with van der Waals surface area (Å²) in [6.07, 6.45) is 5.54. The van der Waals surface area contributed by atoms with Gasteiger partial charge in [-0.15, -0.1) is 0 Å². The van der Waals surface area contributed by atoms with Crippen molar-refractivity contribution in [1.29, 1.82) is 0 Å². The van der Waals surface area contributed by atoms with Crippen LogP contribution in [0, 0.1) is 0 Å². The summed E-state index contributed by atoms with van der Waals surface area (Å²) in [5.41, 5.74) is -0.682. The van der Waals surface area contributed by atoms with Gasteiger partial charge in [0, 0.05) is 11.6 Å². The van der Waals surface area contributed by atoms with Gasteiger partial charge in [-0.25, -0.2) is 17.9 Å². The van der Waals surface area contributed by atoms with Gasteiger partial charge in [0.05, 0.1) is 11.5 Å². The Balaban J connectivity index is 1.73. The summed E-state index contributed by atoms with van der Waals surface area (Å²) in [6, 6.07) is 5.79. The first-order chi connectivity index (χ1) is 12.9. The molecule has 0 unspecified atom stereocenters. The average molecular weight is 394 g/mol. The van der Waals surface area contributed by atoms with Crippen molar-refractivity contribution in [2.75, 3.05) is 6.61 Å². The molecule has 0 atom stereocenters. The lowest BCUT2D eigenvalue weighted by atomic mass is 9.81. The number of hydrogen-bond acceptors (Lipinski definition) is 5. The van der Waals surface area contributed by atoms with Gasteiger partial charge in [0.2, 0.25) is 10.0 Å². The molecule has 1 amide bonds. The first-order valence-electron chi connectivity index (χ1n) is 9.48. The number of ether oxygens (including phenoxy) is 1. The van der Waals surface area contributed by atoms with Gasteiger partial charge in [0.25, 0.3) is 5.91 Å². The monoisotopic (exact) mass is 394 g/mol. The summed E-state index contributed by atoms with van der Waals surface area (Å²) in [6.45, 7) is 2.00. The minimum atomic E-state index is -3.56. The van der Waals surface area contributed by atoms with E-state index in [1.807, 2.05) is 0 Å². The van der Waals surface area contributed by atoms with Crippen LogP contribution in [0.5, 0.6) is 0 Å². The van der Waals surface area contributed by atoms with E-state index in [9.17, 15) is 18.0 Å². The highest BCUT2D eigenvalue weighted by molar-refractivity contribution is 7.89. The van der Waals surface area contributed by atoms with Crippen molar-refractivity contribution in [3.63, 3.8) is 0 Å². The van der Waals surface area contributed by atoms with Gasteiger partial charge in [-0.05, 0) is 56.9 Å². The van der Waals surface area contributed by atoms with E-state index in [2.05, 4.69) is 10.0 Å². The minimum Gasteiger partial charge on any atom is -0.464 e. The third-order valence-corrected chi connectivity index (χ3v) is 6.59. The molecular weight excluding hydrogens is 368 g/mol. The molecule has 1 aromatic rings. The van der Waals surface area contributed by atoms with Gasteiger partial charge >= 0.3 is 5.97 Å². The molecule has 3 rings (SSSR count).